The SMILES string of the molecule is O=C(c1cccs1)N1CCN=C1SCc1cccc(F)c1. The van der Waals surface area contributed by atoms with Crippen molar-refractivity contribution in [1.29, 1.82) is 0 Å². The lowest BCUT2D eigenvalue weighted by Gasteiger charge is -2.16. The molecule has 0 aliphatic carbocycles. The Kier molecular flexibility index (Phi) is 4.36. The highest BCUT2D eigenvalue weighted by atomic mass is 32.2. The molecule has 0 spiro atoms. The normalized spacial score (nSPS) is 14.3. The molecule has 0 N–H and O–H groups in total. The molecule has 2 heterocycles. The Morgan fingerprint density at radius 1 is 1.38 bits per heavy atom. The van der Waals surface area contributed by atoms with E-state index < -0.39 is 0 Å². The fourth-order valence-electron chi connectivity index (χ4n) is 2.05. The summed E-state index contributed by atoms with van der Waals surface area (Å²) in [5.74, 6) is 0.353. The number of benzene rings is 1. The molecule has 2 aromatic rings. The highest BCUT2D eigenvalue weighted by molar-refractivity contribution is 8.13. The highest BCUT2D eigenvalue weighted by Crippen LogP contribution is 2.22. The van der Waals surface area contributed by atoms with Crippen molar-refractivity contribution in [3.8, 4) is 0 Å². The Morgan fingerprint density at radius 2 is 2.29 bits per heavy atom. The van der Waals surface area contributed by atoms with Gasteiger partial charge in [-0.2, -0.15) is 0 Å². The van der Waals surface area contributed by atoms with Gasteiger partial charge in [-0.05, 0) is 29.1 Å². The van der Waals surface area contributed by atoms with Crippen LogP contribution < -0.4 is 0 Å². The Morgan fingerprint density at radius 3 is 3.05 bits per heavy atom. The summed E-state index contributed by atoms with van der Waals surface area (Å²) in [6, 6.07) is 10.2. The van der Waals surface area contributed by atoms with Gasteiger partial charge in [0.2, 0.25) is 0 Å². The molecule has 1 aliphatic heterocycles. The third-order valence-electron chi connectivity index (χ3n) is 3.04. The van der Waals surface area contributed by atoms with Gasteiger partial charge >= 0.3 is 0 Å². The second-order valence-corrected chi connectivity index (χ2v) is 6.41. The van der Waals surface area contributed by atoms with Crippen molar-refractivity contribution in [2.45, 2.75) is 5.75 Å². The zero-order valence-electron chi connectivity index (χ0n) is 11.2. The molecule has 0 fully saturated rings. The van der Waals surface area contributed by atoms with Gasteiger partial charge in [0.15, 0.2) is 5.17 Å². The standard InChI is InChI=1S/C15H13FN2OS2/c16-12-4-1-3-11(9-12)10-21-15-17-6-7-18(15)14(19)13-5-2-8-20-13/h1-5,8-9H,6-7,10H2. The minimum Gasteiger partial charge on any atom is -0.285 e. The fraction of sp³-hybridized carbons (Fsp3) is 0.200. The molecule has 0 saturated heterocycles. The van der Waals surface area contributed by atoms with Crippen LogP contribution in [-0.2, 0) is 5.75 Å². The van der Waals surface area contributed by atoms with Gasteiger partial charge in [0, 0.05) is 12.3 Å². The van der Waals surface area contributed by atoms with E-state index in [9.17, 15) is 9.18 Å². The molecule has 0 bridgehead atoms. The number of halogens is 1. The van der Waals surface area contributed by atoms with Crippen LogP contribution in [0.25, 0.3) is 0 Å². The summed E-state index contributed by atoms with van der Waals surface area (Å²) in [5, 5.41) is 2.61. The molecule has 108 valence electrons. The van der Waals surface area contributed by atoms with Crippen LogP contribution in [0.2, 0.25) is 0 Å². The van der Waals surface area contributed by atoms with E-state index in [1.807, 2.05) is 23.6 Å². The van der Waals surface area contributed by atoms with E-state index in [0.29, 0.717) is 18.8 Å². The maximum atomic E-state index is 13.2. The molecular weight excluding hydrogens is 307 g/mol. The number of nitrogens with zero attached hydrogens (tertiary/aromatic N) is 2. The first-order valence-electron chi connectivity index (χ1n) is 6.51. The van der Waals surface area contributed by atoms with Crippen LogP contribution in [0, 0.1) is 5.82 Å². The van der Waals surface area contributed by atoms with Crippen LogP contribution in [0.4, 0.5) is 4.39 Å². The highest BCUT2D eigenvalue weighted by Gasteiger charge is 2.25. The summed E-state index contributed by atoms with van der Waals surface area (Å²) >= 11 is 2.90. The summed E-state index contributed by atoms with van der Waals surface area (Å²) in [6.45, 7) is 1.24. The largest absolute Gasteiger partial charge is 0.285 e. The summed E-state index contributed by atoms with van der Waals surface area (Å²) in [7, 11) is 0. The summed E-state index contributed by atoms with van der Waals surface area (Å²) < 4.78 is 13.2. The number of amides is 1. The molecule has 21 heavy (non-hydrogen) atoms. The molecule has 3 nitrogen and oxygen atoms in total. The maximum absolute atomic E-state index is 13.2. The van der Waals surface area contributed by atoms with Crippen molar-refractivity contribution >= 4 is 34.2 Å². The number of amidine groups is 1. The van der Waals surface area contributed by atoms with Crippen molar-refractivity contribution in [1.82, 2.24) is 4.90 Å². The number of thiophene rings is 1. The molecule has 1 aliphatic rings. The molecular formula is C15H13FN2OS2. The molecule has 0 saturated carbocycles. The number of carbonyl (C=O) groups excluding carboxylic acids is 1. The third-order valence-corrected chi connectivity index (χ3v) is 4.98. The van der Waals surface area contributed by atoms with E-state index in [-0.39, 0.29) is 11.7 Å². The fourth-order valence-corrected chi connectivity index (χ4v) is 3.71. The molecule has 6 heteroatoms. The Bertz CT molecular complexity index is 670. The lowest BCUT2D eigenvalue weighted by atomic mass is 10.2. The van der Waals surface area contributed by atoms with Gasteiger partial charge in [-0.3, -0.25) is 14.7 Å². The minimum atomic E-state index is -0.243. The zero-order chi connectivity index (χ0) is 14.7. The number of hydrogen-bond donors (Lipinski definition) is 0. The second kappa shape index (κ2) is 6.41. The minimum absolute atomic E-state index is 0.00649. The number of thioether (sulfide) groups is 1. The summed E-state index contributed by atoms with van der Waals surface area (Å²) in [4.78, 5) is 19.2. The van der Waals surface area contributed by atoms with Crippen LogP contribution in [0.1, 0.15) is 15.2 Å². The van der Waals surface area contributed by atoms with E-state index in [4.69, 9.17) is 0 Å². The lowest BCUT2D eigenvalue weighted by molar-refractivity contribution is 0.0865. The van der Waals surface area contributed by atoms with Gasteiger partial charge in [-0.25, -0.2) is 4.39 Å². The van der Waals surface area contributed by atoms with E-state index in [2.05, 4.69) is 4.99 Å². The van der Waals surface area contributed by atoms with Crippen LogP contribution in [-0.4, -0.2) is 29.1 Å². The number of rotatable bonds is 3. The van der Waals surface area contributed by atoms with E-state index in [1.54, 1.807) is 11.0 Å². The Hall–Kier alpha value is -1.66. The smallest absolute Gasteiger partial charge is 0.269 e. The quantitative estimate of drug-likeness (QED) is 0.865. The average molecular weight is 320 g/mol. The Labute approximate surface area is 130 Å². The second-order valence-electron chi connectivity index (χ2n) is 4.52. The summed E-state index contributed by atoms with van der Waals surface area (Å²) in [6.07, 6.45) is 0. The van der Waals surface area contributed by atoms with Crippen LogP contribution in [0.3, 0.4) is 0 Å². The van der Waals surface area contributed by atoms with Crippen molar-refractivity contribution in [2.75, 3.05) is 13.1 Å². The molecule has 1 aromatic carbocycles. The predicted octanol–water partition coefficient (Wildman–Crippen LogP) is 3.63. The van der Waals surface area contributed by atoms with Crippen molar-refractivity contribution in [2.24, 2.45) is 4.99 Å². The number of hydrogen-bond acceptors (Lipinski definition) is 4. The van der Waals surface area contributed by atoms with Gasteiger partial charge in [0.05, 0.1) is 11.4 Å². The lowest BCUT2D eigenvalue weighted by Crippen LogP contribution is -2.32. The third kappa shape index (κ3) is 3.33. The van der Waals surface area contributed by atoms with Crippen molar-refractivity contribution in [3.05, 3.63) is 58.0 Å². The molecule has 3 rings (SSSR count). The van der Waals surface area contributed by atoms with Crippen LogP contribution >= 0.6 is 23.1 Å². The maximum Gasteiger partial charge on any atom is 0.269 e. The van der Waals surface area contributed by atoms with Gasteiger partial charge in [-0.1, -0.05) is 30.0 Å². The first-order chi connectivity index (χ1) is 10.2. The zero-order valence-corrected chi connectivity index (χ0v) is 12.8. The van der Waals surface area contributed by atoms with Crippen LogP contribution in [0.5, 0.6) is 0 Å². The van der Waals surface area contributed by atoms with Crippen molar-refractivity contribution < 1.29 is 9.18 Å². The molecule has 0 atom stereocenters. The first-order valence-corrected chi connectivity index (χ1v) is 8.37. The van der Waals surface area contributed by atoms with E-state index >= 15 is 0 Å². The van der Waals surface area contributed by atoms with Gasteiger partial charge < -0.3 is 0 Å². The van der Waals surface area contributed by atoms with E-state index in [0.717, 1.165) is 15.6 Å². The van der Waals surface area contributed by atoms with Gasteiger partial charge in [0.25, 0.3) is 5.91 Å². The van der Waals surface area contributed by atoms with Crippen LogP contribution in [0.15, 0.2) is 46.8 Å². The number of carbonyl (C=O) groups is 1. The first kappa shape index (κ1) is 14.3. The average Bonchev–Trinajstić information content (AvgIpc) is 3.16. The predicted molar refractivity (Wildman–Crippen MR) is 85.4 cm³/mol. The molecule has 0 unspecified atom stereocenters. The monoisotopic (exact) mass is 320 g/mol. The molecule has 1 aromatic heterocycles. The number of aliphatic imine (C=N–C) groups is 1. The van der Waals surface area contributed by atoms with E-state index in [1.165, 1.54) is 35.2 Å². The van der Waals surface area contributed by atoms with Gasteiger partial charge in [0.1, 0.15) is 5.82 Å². The molecule has 1 amide bonds. The topological polar surface area (TPSA) is 32.7 Å². The summed E-state index contributed by atoms with van der Waals surface area (Å²) in [5.41, 5.74) is 0.887. The van der Waals surface area contributed by atoms with Crippen molar-refractivity contribution in [3.63, 3.8) is 0 Å². The van der Waals surface area contributed by atoms with Gasteiger partial charge in [-0.15, -0.1) is 11.3 Å². The molecule has 0 radical (unpaired) electrons. The Balaban J connectivity index is 1.66.